The molecule has 1 fully saturated rings. The number of alkyl halides is 3. The second-order valence-corrected chi connectivity index (χ2v) is 7.43. The second kappa shape index (κ2) is 8.46. The Balaban J connectivity index is 1.52. The molecule has 1 N–H and O–H groups in total. The topological polar surface area (TPSA) is 76.1 Å². The van der Waals surface area contributed by atoms with Gasteiger partial charge in [-0.05, 0) is 43.7 Å². The molecule has 0 amide bonds. The predicted molar refractivity (Wildman–Crippen MR) is 110 cm³/mol. The lowest BCUT2D eigenvalue weighted by Crippen LogP contribution is -2.46. The molecule has 0 radical (unpaired) electrons. The van der Waals surface area contributed by atoms with Gasteiger partial charge in [-0.2, -0.15) is 23.3 Å². The number of hydrogen-bond acceptors (Lipinski definition) is 7. The molecule has 162 valence electrons. The number of benzene rings is 1. The first kappa shape index (κ1) is 21.0. The van der Waals surface area contributed by atoms with Crippen molar-refractivity contribution < 1.29 is 17.9 Å². The molecule has 0 saturated carbocycles. The largest absolute Gasteiger partial charge is 0.416 e. The molecule has 2 aromatic heterocycles. The highest BCUT2D eigenvalue weighted by molar-refractivity contribution is 5.67. The normalized spacial score (nSPS) is 19.3. The summed E-state index contributed by atoms with van der Waals surface area (Å²) < 4.78 is 44.1. The van der Waals surface area contributed by atoms with Crippen LogP contribution >= 0.6 is 0 Å². The molecular weight excluding hydrogens is 409 g/mol. The average molecular weight is 430 g/mol. The van der Waals surface area contributed by atoms with Gasteiger partial charge < -0.3 is 15.0 Å². The number of halogens is 3. The Hall–Kier alpha value is -3.27. The van der Waals surface area contributed by atoms with Gasteiger partial charge in [-0.25, -0.2) is 4.98 Å². The van der Waals surface area contributed by atoms with E-state index in [0.29, 0.717) is 41.8 Å². The van der Waals surface area contributed by atoms with Crippen molar-refractivity contribution in [2.24, 2.45) is 0 Å². The van der Waals surface area contributed by atoms with E-state index in [1.54, 1.807) is 18.3 Å². The molecule has 7 nitrogen and oxygen atoms in total. The SMILES string of the molecule is C[C@@H]1CN(c2nccc(Nc3cc(-c4ccc(C(F)(F)F)cc4)cnn3)n2)C[C@H](C)O1. The summed E-state index contributed by atoms with van der Waals surface area (Å²) in [4.78, 5) is 11.0. The number of hydrogen-bond donors (Lipinski definition) is 1. The molecule has 10 heteroatoms. The van der Waals surface area contributed by atoms with E-state index in [4.69, 9.17) is 4.74 Å². The minimum absolute atomic E-state index is 0.0789. The zero-order valence-corrected chi connectivity index (χ0v) is 17.0. The van der Waals surface area contributed by atoms with Gasteiger partial charge in [0.25, 0.3) is 0 Å². The second-order valence-electron chi connectivity index (χ2n) is 7.43. The Morgan fingerprint density at radius 2 is 1.71 bits per heavy atom. The zero-order valence-electron chi connectivity index (χ0n) is 17.0. The first-order valence-electron chi connectivity index (χ1n) is 9.79. The van der Waals surface area contributed by atoms with E-state index < -0.39 is 11.7 Å². The summed E-state index contributed by atoms with van der Waals surface area (Å²) in [5.41, 5.74) is 0.541. The monoisotopic (exact) mass is 430 g/mol. The van der Waals surface area contributed by atoms with Crippen molar-refractivity contribution in [1.82, 2.24) is 20.2 Å². The van der Waals surface area contributed by atoms with Crippen LogP contribution in [0.3, 0.4) is 0 Å². The molecule has 0 bridgehead atoms. The summed E-state index contributed by atoms with van der Waals surface area (Å²) in [7, 11) is 0. The standard InChI is InChI=1S/C21H21F3N6O/c1-13-11-30(12-14(2)31-13)20-25-8-7-18(28-20)27-19-9-16(10-26-29-19)15-3-5-17(6-4-15)21(22,23)24/h3-10,13-14H,11-12H2,1-2H3,(H,25,27,28,29)/t13-,14+. The molecule has 1 aliphatic heterocycles. The highest BCUT2D eigenvalue weighted by Crippen LogP contribution is 2.31. The maximum absolute atomic E-state index is 12.8. The molecule has 4 rings (SSSR count). The number of aromatic nitrogens is 4. The lowest BCUT2D eigenvalue weighted by molar-refractivity contribution is -0.137. The summed E-state index contributed by atoms with van der Waals surface area (Å²) in [5, 5.41) is 11.1. The first-order chi connectivity index (χ1) is 14.8. The third kappa shape index (κ3) is 5.08. The van der Waals surface area contributed by atoms with Gasteiger partial charge in [0.2, 0.25) is 5.95 Å². The number of anilines is 3. The number of ether oxygens (including phenoxy) is 1. The van der Waals surface area contributed by atoms with Gasteiger partial charge >= 0.3 is 6.18 Å². The van der Waals surface area contributed by atoms with Crippen molar-refractivity contribution in [3.05, 3.63) is 54.4 Å². The number of nitrogens with one attached hydrogen (secondary N) is 1. The molecule has 1 aliphatic rings. The summed E-state index contributed by atoms with van der Waals surface area (Å²) in [5.74, 6) is 1.54. The summed E-state index contributed by atoms with van der Waals surface area (Å²) in [6, 6.07) is 8.33. The van der Waals surface area contributed by atoms with E-state index in [9.17, 15) is 13.2 Å². The fourth-order valence-electron chi connectivity index (χ4n) is 3.48. The van der Waals surface area contributed by atoms with Gasteiger partial charge in [0.05, 0.1) is 24.0 Å². The first-order valence-corrected chi connectivity index (χ1v) is 9.79. The Morgan fingerprint density at radius 3 is 2.39 bits per heavy atom. The summed E-state index contributed by atoms with van der Waals surface area (Å²) in [6.07, 6.45) is -1.06. The van der Waals surface area contributed by atoms with E-state index in [-0.39, 0.29) is 12.2 Å². The summed E-state index contributed by atoms with van der Waals surface area (Å²) in [6.45, 7) is 5.40. The number of rotatable bonds is 4. The van der Waals surface area contributed by atoms with E-state index >= 15 is 0 Å². The van der Waals surface area contributed by atoms with Gasteiger partial charge in [0.15, 0.2) is 5.82 Å². The van der Waals surface area contributed by atoms with Crippen LogP contribution in [0.2, 0.25) is 0 Å². The fraction of sp³-hybridized carbons (Fsp3) is 0.333. The van der Waals surface area contributed by atoms with Crippen molar-refractivity contribution in [2.45, 2.75) is 32.2 Å². The molecule has 2 atom stereocenters. The van der Waals surface area contributed by atoms with Crippen molar-refractivity contribution in [3.8, 4) is 11.1 Å². The molecular formula is C21H21F3N6O. The fourth-order valence-corrected chi connectivity index (χ4v) is 3.48. The predicted octanol–water partition coefficient (Wildman–Crippen LogP) is 4.31. The molecule has 3 heterocycles. The van der Waals surface area contributed by atoms with Gasteiger partial charge in [-0.15, -0.1) is 5.10 Å². The molecule has 31 heavy (non-hydrogen) atoms. The van der Waals surface area contributed by atoms with Crippen LogP contribution < -0.4 is 10.2 Å². The van der Waals surface area contributed by atoms with Crippen molar-refractivity contribution >= 4 is 17.6 Å². The molecule has 0 aliphatic carbocycles. The van der Waals surface area contributed by atoms with Crippen LogP contribution in [0.4, 0.5) is 30.8 Å². The maximum atomic E-state index is 12.8. The van der Waals surface area contributed by atoms with Gasteiger partial charge in [-0.1, -0.05) is 12.1 Å². The minimum atomic E-state index is -4.37. The average Bonchev–Trinajstić information content (AvgIpc) is 2.73. The zero-order chi connectivity index (χ0) is 22.0. The van der Waals surface area contributed by atoms with Crippen molar-refractivity contribution in [1.29, 1.82) is 0 Å². The minimum Gasteiger partial charge on any atom is -0.372 e. The van der Waals surface area contributed by atoms with Gasteiger partial charge in [-0.3, -0.25) is 0 Å². The van der Waals surface area contributed by atoms with E-state index in [2.05, 4.69) is 30.4 Å². The molecule has 0 spiro atoms. The van der Waals surface area contributed by atoms with Crippen molar-refractivity contribution in [3.63, 3.8) is 0 Å². The van der Waals surface area contributed by atoms with Crippen LogP contribution in [0, 0.1) is 0 Å². The third-order valence-corrected chi connectivity index (χ3v) is 4.80. The van der Waals surface area contributed by atoms with Gasteiger partial charge in [0.1, 0.15) is 5.82 Å². The summed E-state index contributed by atoms with van der Waals surface area (Å²) >= 11 is 0. The van der Waals surface area contributed by atoms with Crippen LogP contribution in [0.25, 0.3) is 11.1 Å². The van der Waals surface area contributed by atoms with Crippen LogP contribution in [0.15, 0.2) is 48.8 Å². The maximum Gasteiger partial charge on any atom is 0.416 e. The van der Waals surface area contributed by atoms with E-state index in [1.807, 2.05) is 13.8 Å². The lowest BCUT2D eigenvalue weighted by Gasteiger charge is -2.35. The lowest BCUT2D eigenvalue weighted by atomic mass is 10.1. The Morgan fingerprint density at radius 1 is 1.00 bits per heavy atom. The van der Waals surface area contributed by atoms with E-state index in [0.717, 1.165) is 12.1 Å². The van der Waals surface area contributed by atoms with E-state index in [1.165, 1.54) is 18.3 Å². The molecule has 3 aromatic rings. The number of nitrogens with zero attached hydrogens (tertiary/aromatic N) is 5. The van der Waals surface area contributed by atoms with Crippen LogP contribution in [-0.2, 0) is 10.9 Å². The number of morpholine rings is 1. The molecule has 0 unspecified atom stereocenters. The van der Waals surface area contributed by atoms with Crippen molar-refractivity contribution in [2.75, 3.05) is 23.3 Å². The smallest absolute Gasteiger partial charge is 0.372 e. The van der Waals surface area contributed by atoms with Crippen LogP contribution in [0.5, 0.6) is 0 Å². The van der Waals surface area contributed by atoms with Gasteiger partial charge in [0, 0.05) is 24.8 Å². The van der Waals surface area contributed by atoms with Crippen LogP contribution in [0.1, 0.15) is 19.4 Å². The molecule has 1 aromatic carbocycles. The quantitative estimate of drug-likeness (QED) is 0.661. The third-order valence-electron chi connectivity index (χ3n) is 4.80. The Bertz CT molecular complexity index is 1030. The molecule has 1 saturated heterocycles. The highest BCUT2D eigenvalue weighted by atomic mass is 19.4. The van der Waals surface area contributed by atoms with Crippen LogP contribution in [-0.4, -0.2) is 45.5 Å². The highest BCUT2D eigenvalue weighted by Gasteiger charge is 2.30. The Labute approximate surface area is 177 Å². The Kier molecular flexibility index (Phi) is 5.73.